The summed E-state index contributed by atoms with van der Waals surface area (Å²) in [6.45, 7) is 0.815. The zero-order valence-electron chi connectivity index (χ0n) is 8.80. The summed E-state index contributed by atoms with van der Waals surface area (Å²) in [5.41, 5.74) is 0.894. The van der Waals surface area contributed by atoms with Crippen LogP contribution in [0, 0.1) is 0 Å². The largest absolute Gasteiger partial charge is 0.303 e. The summed E-state index contributed by atoms with van der Waals surface area (Å²) >= 11 is 0. The van der Waals surface area contributed by atoms with Gasteiger partial charge in [0.2, 0.25) is 0 Å². The minimum atomic E-state index is 0.671. The van der Waals surface area contributed by atoms with Crippen LogP contribution in [0.1, 0.15) is 31.4 Å². The second kappa shape index (κ2) is 7.85. The van der Waals surface area contributed by atoms with E-state index in [4.69, 9.17) is 0 Å². The summed E-state index contributed by atoms with van der Waals surface area (Å²) in [7, 11) is 0. The van der Waals surface area contributed by atoms with Gasteiger partial charge in [0.1, 0.15) is 6.29 Å². The number of hydrogen-bond donors (Lipinski definition) is 0. The third-order valence-corrected chi connectivity index (χ3v) is 2.02. The fourth-order valence-electron chi connectivity index (χ4n) is 1.22. The molecular formula is C12H16N2O. The first kappa shape index (κ1) is 11.6. The molecule has 3 heteroatoms. The molecule has 0 amide bonds. The zero-order valence-corrected chi connectivity index (χ0v) is 8.80. The van der Waals surface area contributed by atoms with Crippen molar-refractivity contribution in [3.63, 3.8) is 0 Å². The quantitative estimate of drug-likeness (QED) is 0.388. The molecule has 0 unspecified atom stereocenters. The van der Waals surface area contributed by atoms with Gasteiger partial charge in [-0.15, -0.1) is 0 Å². The van der Waals surface area contributed by atoms with Gasteiger partial charge in [-0.25, -0.2) is 0 Å². The van der Waals surface area contributed by atoms with Crippen LogP contribution in [-0.2, 0) is 4.79 Å². The van der Waals surface area contributed by atoms with E-state index in [2.05, 4.69) is 9.98 Å². The molecule has 1 aromatic rings. The summed E-state index contributed by atoms with van der Waals surface area (Å²) in [6, 6.07) is 5.76. The summed E-state index contributed by atoms with van der Waals surface area (Å²) < 4.78 is 0. The molecule has 1 aromatic heterocycles. The van der Waals surface area contributed by atoms with Gasteiger partial charge in [-0.2, -0.15) is 0 Å². The Morgan fingerprint density at radius 2 is 2.20 bits per heavy atom. The molecule has 0 aromatic carbocycles. The molecule has 0 spiro atoms. The highest BCUT2D eigenvalue weighted by Crippen LogP contribution is 1.98. The number of pyridine rings is 1. The van der Waals surface area contributed by atoms with E-state index >= 15 is 0 Å². The van der Waals surface area contributed by atoms with Crippen LogP contribution in [0.5, 0.6) is 0 Å². The van der Waals surface area contributed by atoms with Gasteiger partial charge in [-0.3, -0.25) is 9.98 Å². The van der Waals surface area contributed by atoms with Crippen LogP contribution >= 0.6 is 0 Å². The molecular weight excluding hydrogens is 188 g/mol. The number of unbranched alkanes of at least 4 members (excludes halogenated alkanes) is 3. The average molecular weight is 204 g/mol. The highest BCUT2D eigenvalue weighted by Gasteiger charge is 1.88. The topological polar surface area (TPSA) is 42.3 Å². The molecule has 1 heterocycles. The average Bonchev–Trinajstić information content (AvgIpc) is 2.29. The smallest absolute Gasteiger partial charge is 0.119 e. The Balaban J connectivity index is 2.10. The lowest BCUT2D eigenvalue weighted by atomic mass is 10.2. The van der Waals surface area contributed by atoms with Crippen LogP contribution < -0.4 is 0 Å². The van der Waals surface area contributed by atoms with Crippen molar-refractivity contribution in [2.75, 3.05) is 6.54 Å². The van der Waals surface area contributed by atoms with E-state index in [9.17, 15) is 4.79 Å². The van der Waals surface area contributed by atoms with Gasteiger partial charge in [0, 0.05) is 25.4 Å². The molecule has 15 heavy (non-hydrogen) atoms. The summed E-state index contributed by atoms with van der Waals surface area (Å²) in [4.78, 5) is 18.4. The van der Waals surface area contributed by atoms with Gasteiger partial charge >= 0.3 is 0 Å². The van der Waals surface area contributed by atoms with Crippen molar-refractivity contribution >= 4 is 12.5 Å². The third kappa shape index (κ3) is 5.73. The highest BCUT2D eigenvalue weighted by atomic mass is 16.1. The van der Waals surface area contributed by atoms with Crippen LogP contribution in [0.3, 0.4) is 0 Å². The molecule has 0 saturated carbocycles. The zero-order chi connectivity index (χ0) is 10.8. The van der Waals surface area contributed by atoms with Crippen molar-refractivity contribution in [2.45, 2.75) is 25.7 Å². The van der Waals surface area contributed by atoms with E-state index in [1.165, 1.54) is 0 Å². The van der Waals surface area contributed by atoms with Gasteiger partial charge in [-0.05, 0) is 25.0 Å². The standard InChI is InChI=1S/C12H16N2O/c15-10-6-2-1-4-8-13-11-12-7-3-5-9-14-12/h3,5,7,9-11H,1-2,4,6,8H2. The molecule has 0 N–H and O–H groups in total. The number of hydrogen-bond acceptors (Lipinski definition) is 3. The van der Waals surface area contributed by atoms with Crippen molar-refractivity contribution < 1.29 is 4.79 Å². The van der Waals surface area contributed by atoms with Crippen molar-refractivity contribution in [1.29, 1.82) is 0 Å². The van der Waals surface area contributed by atoms with Crippen LogP contribution in [0.25, 0.3) is 0 Å². The molecule has 0 atom stereocenters. The molecule has 0 aliphatic heterocycles. The first-order chi connectivity index (χ1) is 7.43. The van der Waals surface area contributed by atoms with Gasteiger partial charge in [0.05, 0.1) is 5.69 Å². The predicted octanol–water partition coefficient (Wildman–Crippen LogP) is 2.26. The molecule has 0 saturated heterocycles. The van der Waals surface area contributed by atoms with Crippen molar-refractivity contribution in [3.8, 4) is 0 Å². The number of aromatic nitrogens is 1. The molecule has 0 aliphatic rings. The monoisotopic (exact) mass is 204 g/mol. The maximum atomic E-state index is 10.0. The second-order valence-corrected chi connectivity index (χ2v) is 3.31. The molecule has 0 bridgehead atoms. The number of aldehydes is 1. The van der Waals surface area contributed by atoms with Gasteiger partial charge in [-0.1, -0.05) is 12.5 Å². The molecule has 3 nitrogen and oxygen atoms in total. The van der Waals surface area contributed by atoms with Gasteiger partial charge in [0.15, 0.2) is 0 Å². The maximum absolute atomic E-state index is 10.0. The SMILES string of the molecule is O=CCCCCCN=Cc1ccccn1. The van der Waals surface area contributed by atoms with E-state index in [1.54, 1.807) is 12.4 Å². The molecule has 80 valence electrons. The Morgan fingerprint density at radius 1 is 1.27 bits per heavy atom. The Kier molecular flexibility index (Phi) is 6.05. The first-order valence-corrected chi connectivity index (χ1v) is 5.28. The minimum absolute atomic E-state index is 0.671. The molecule has 0 aliphatic carbocycles. The lowest BCUT2D eigenvalue weighted by Gasteiger charge is -1.94. The Bertz CT molecular complexity index is 296. The predicted molar refractivity (Wildman–Crippen MR) is 61.2 cm³/mol. The second-order valence-electron chi connectivity index (χ2n) is 3.31. The van der Waals surface area contributed by atoms with E-state index < -0.39 is 0 Å². The van der Waals surface area contributed by atoms with Crippen LogP contribution in [0.4, 0.5) is 0 Å². The molecule has 0 fully saturated rings. The number of carbonyl (C=O) groups is 1. The number of nitrogens with zero attached hydrogens (tertiary/aromatic N) is 2. The number of carbonyl (C=O) groups excluding carboxylic acids is 1. The van der Waals surface area contributed by atoms with E-state index in [0.717, 1.165) is 37.8 Å². The lowest BCUT2D eigenvalue weighted by Crippen LogP contribution is -1.88. The first-order valence-electron chi connectivity index (χ1n) is 5.28. The third-order valence-electron chi connectivity index (χ3n) is 2.02. The highest BCUT2D eigenvalue weighted by molar-refractivity contribution is 5.76. The van der Waals surface area contributed by atoms with Crippen molar-refractivity contribution in [2.24, 2.45) is 4.99 Å². The maximum Gasteiger partial charge on any atom is 0.119 e. The fraction of sp³-hybridized carbons (Fsp3) is 0.417. The lowest BCUT2D eigenvalue weighted by molar-refractivity contribution is -0.107. The number of rotatable bonds is 7. The summed E-state index contributed by atoms with van der Waals surface area (Å²) in [5, 5.41) is 0. The van der Waals surface area contributed by atoms with Crippen molar-refractivity contribution in [3.05, 3.63) is 30.1 Å². The summed E-state index contributed by atoms with van der Waals surface area (Å²) in [5.74, 6) is 0. The normalized spacial score (nSPS) is 10.7. The van der Waals surface area contributed by atoms with Crippen molar-refractivity contribution in [1.82, 2.24) is 4.98 Å². The minimum Gasteiger partial charge on any atom is -0.303 e. The van der Waals surface area contributed by atoms with Crippen LogP contribution in [-0.4, -0.2) is 24.0 Å². The van der Waals surface area contributed by atoms with E-state index in [0.29, 0.717) is 6.42 Å². The van der Waals surface area contributed by atoms with Gasteiger partial charge < -0.3 is 4.79 Å². The van der Waals surface area contributed by atoms with Gasteiger partial charge in [0.25, 0.3) is 0 Å². The van der Waals surface area contributed by atoms with E-state index in [-0.39, 0.29) is 0 Å². The Morgan fingerprint density at radius 3 is 2.93 bits per heavy atom. The molecule has 0 radical (unpaired) electrons. The fourth-order valence-corrected chi connectivity index (χ4v) is 1.22. The van der Waals surface area contributed by atoms with E-state index in [1.807, 2.05) is 18.2 Å². The van der Waals surface area contributed by atoms with Crippen LogP contribution in [0.15, 0.2) is 29.4 Å². The Labute approximate surface area is 90.3 Å². The summed E-state index contributed by atoms with van der Waals surface area (Å²) in [6.07, 6.45) is 8.27. The number of aliphatic imine (C=N–C) groups is 1. The van der Waals surface area contributed by atoms with Crippen LogP contribution in [0.2, 0.25) is 0 Å². The molecule has 1 rings (SSSR count). The Hall–Kier alpha value is -1.51.